The SMILES string of the molecule is NC1(c2c(Cl)n[nH]c2C2CCC2)CC1. The van der Waals surface area contributed by atoms with E-state index < -0.39 is 0 Å². The first-order chi connectivity index (χ1) is 6.71. The highest BCUT2D eigenvalue weighted by Gasteiger charge is 2.46. The fraction of sp³-hybridized carbons (Fsp3) is 0.700. The third-order valence-electron chi connectivity index (χ3n) is 3.55. The highest BCUT2D eigenvalue weighted by molar-refractivity contribution is 6.30. The zero-order valence-corrected chi connectivity index (χ0v) is 8.77. The van der Waals surface area contributed by atoms with Crippen LogP contribution in [0.5, 0.6) is 0 Å². The van der Waals surface area contributed by atoms with Gasteiger partial charge in [0.15, 0.2) is 5.15 Å². The summed E-state index contributed by atoms with van der Waals surface area (Å²) in [4.78, 5) is 0. The van der Waals surface area contributed by atoms with Crippen molar-refractivity contribution in [2.45, 2.75) is 43.6 Å². The Bertz CT molecular complexity index is 363. The number of hydrogen-bond donors (Lipinski definition) is 2. The highest BCUT2D eigenvalue weighted by atomic mass is 35.5. The van der Waals surface area contributed by atoms with Gasteiger partial charge in [-0.25, -0.2) is 0 Å². The Morgan fingerprint density at radius 1 is 1.43 bits per heavy atom. The van der Waals surface area contributed by atoms with E-state index in [2.05, 4.69) is 10.2 Å². The summed E-state index contributed by atoms with van der Waals surface area (Å²) in [5, 5.41) is 7.74. The van der Waals surface area contributed by atoms with Gasteiger partial charge in [0.25, 0.3) is 0 Å². The number of aromatic amines is 1. The molecule has 3 nitrogen and oxygen atoms in total. The van der Waals surface area contributed by atoms with Crippen molar-refractivity contribution in [3.8, 4) is 0 Å². The molecule has 2 fully saturated rings. The fourth-order valence-electron chi connectivity index (χ4n) is 2.18. The maximum absolute atomic E-state index is 6.19. The molecule has 1 heterocycles. The summed E-state index contributed by atoms with van der Waals surface area (Å²) in [5.74, 6) is 0.631. The van der Waals surface area contributed by atoms with E-state index in [0.29, 0.717) is 11.1 Å². The molecule has 14 heavy (non-hydrogen) atoms. The number of aromatic nitrogens is 2. The lowest BCUT2D eigenvalue weighted by Crippen LogP contribution is -2.23. The van der Waals surface area contributed by atoms with E-state index in [1.165, 1.54) is 25.0 Å². The Morgan fingerprint density at radius 2 is 2.14 bits per heavy atom. The summed E-state index contributed by atoms with van der Waals surface area (Å²) >= 11 is 6.07. The van der Waals surface area contributed by atoms with E-state index in [-0.39, 0.29) is 5.54 Å². The average Bonchev–Trinajstić information content (AvgIpc) is 2.66. The van der Waals surface area contributed by atoms with Crippen LogP contribution < -0.4 is 5.73 Å². The summed E-state index contributed by atoms with van der Waals surface area (Å²) in [6.45, 7) is 0. The van der Waals surface area contributed by atoms with Gasteiger partial charge in [0.1, 0.15) is 0 Å². The van der Waals surface area contributed by atoms with Crippen molar-refractivity contribution in [2.75, 3.05) is 0 Å². The lowest BCUT2D eigenvalue weighted by molar-refractivity contribution is 0.405. The van der Waals surface area contributed by atoms with Crippen LogP contribution in [0, 0.1) is 0 Å². The molecular weight excluding hydrogens is 198 g/mol. The predicted molar refractivity (Wildman–Crippen MR) is 55.3 cm³/mol. The van der Waals surface area contributed by atoms with E-state index in [1.54, 1.807) is 0 Å². The van der Waals surface area contributed by atoms with Crippen LogP contribution in [0.3, 0.4) is 0 Å². The van der Waals surface area contributed by atoms with E-state index in [0.717, 1.165) is 18.4 Å². The second-order valence-electron chi connectivity index (χ2n) is 4.59. The molecule has 0 amide bonds. The normalized spacial score (nSPS) is 24.7. The van der Waals surface area contributed by atoms with Gasteiger partial charge in [-0.2, -0.15) is 5.10 Å². The van der Waals surface area contributed by atoms with Crippen LogP contribution in [0.1, 0.15) is 49.3 Å². The molecule has 3 N–H and O–H groups in total. The second-order valence-corrected chi connectivity index (χ2v) is 4.95. The van der Waals surface area contributed by atoms with Crippen molar-refractivity contribution in [3.63, 3.8) is 0 Å². The van der Waals surface area contributed by atoms with Crippen LogP contribution in [0.25, 0.3) is 0 Å². The first-order valence-corrected chi connectivity index (χ1v) is 5.62. The van der Waals surface area contributed by atoms with Crippen molar-refractivity contribution >= 4 is 11.6 Å². The van der Waals surface area contributed by atoms with E-state index in [1.807, 2.05) is 0 Å². The molecule has 0 radical (unpaired) electrons. The van der Waals surface area contributed by atoms with Crippen LogP contribution in [0.4, 0.5) is 0 Å². The number of H-pyrrole nitrogens is 1. The Hall–Kier alpha value is -0.540. The maximum Gasteiger partial charge on any atom is 0.156 e. The number of halogens is 1. The summed E-state index contributed by atoms with van der Waals surface area (Å²) in [7, 11) is 0. The number of nitrogens with zero attached hydrogens (tertiary/aromatic N) is 1. The molecule has 0 bridgehead atoms. The third-order valence-corrected chi connectivity index (χ3v) is 3.82. The van der Waals surface area contributed by atoms with Crippen molar-refractivity contribution in [2.24, 2.45) is 5.73 Å². The number of hydrogen-bond acceptors (Lipinski definition) is 2. The average molecular weight is 212 g/mol. The largest absolute Gasteiger partial charge is 0.321 e. The Balaban J connectivity index is 2.02. The quantitative estimate of drug-likeness (QED) is 0.789. The van der Waals surface area contributed by atoms with Gasteiger partial charge in [0.05, 0.1) is 0 Å². The molecule has 1 aromatic rings. The summed E-state index contributed by atoms with van der Waals surface area (Å²) in [6, 6.07) is 0. The minimum Gasteiger partial charge on any atom is -0.321 e. The lowest BCUT2D eigenvalue weighted by atomic mass is 9.80. The third kappa shape index (κ3) is 1.12. The molecule has 0 atom stereocenters. The Morgan fingerprint density at radius 3 is 2.64 bits per heavy atom. The minimum absolute atomic E-state index is 0.158. The number of nitrogens with one attached hydrogen (secondary N) is 1. The summed E-state index contributed by atoms with van der Waals surface area (Å²) in [5.41, 5.74) is 8.34. The molecule has 0 saturated heterocycles. The first kappa shape index (κ1) is 8.74. The van der Waals surface area contributed by atoms with Crippen molar-refractivity contribution < 1.29 is 0 Å². The van der Waals surface area contributed by atoms with Gasteiger partial charge in [0.2, 0.25) is 0 Å². The minimum atomic E-state index is -0.158. The number of rotatable bonds is 2. The van der Waals surface area contributed by atoms with Gasteiger partial charge in [0, 0.05) is 22.7 Å². The van der Waals surface area contributed by atoms with Gasteiger partial charge in [-0.15, -0.1) is 0 Å². The molecular formula is C10H14ClN3. The molecule has 1 aromatic heterocycles. The maximum atomic E-state index is 6.19. The molecule has 2 aliphatic carbocycles. The molecule has 76 valence electrons. The fourth-order valence-corrected chi connectivity index (χ4v) is 2.52. The predicted octanol–water partition coefficient (Wildman–Crippen LogP) is 2.28. The monoisotopic (exact) mass is 211 g/mol. The van der Waals surface area contributed by atoms with Crippen LogP contribution in [0.15, 0.2) is 0 Å². The smallest absolute Gasteiger partial charge is 0.156 e. The topological polar surface area (TPSA) is 54.7 Å². The first-order valence-electron chi connectivity index (χ1n) is 5.24. The van der Waals surface area contributed by atoms with Crippen LogP contribution >= 0.6 is 11.6 Å². The van der Waals surface area contributed by atoms with E-state index in [9.17, 15) is 0 Å². The zero-order valence-electron chi connectivity index (χ0n) is 8.02. The van der Waals surface area contributed by atoms with Gasteiger partial charge in [-0.05, 0) is 25.7 Å². The van der Waals surface area contributed by atoms with Crippen molar-refractivity contribution in [3.05, 3.63) is 16.4 Å². The van der Waals surface area contributed by atoms with Crippen molar-refractivity contribution in [1.82, 2.24) is 10.2 Å². The Labute approximate surface area is 88.0 Å². The highest BCUT2D eigenvalue weighted by Crippen LogP contribution is 2.50. The van der Waals surface area contributed by atoms with Gasteiger partial charge in [-0.3, -0.25) is 5.10 Å². The zero-order chi connectivity index (χ0) is 9.76. The second kappa shape index (κ2) is 2.74. The molecule has 0 unspecified atom stereocenters. The molecule has 0 aromatic carbocycles. The van der Waals surface area contributed by atoms with Gasteiger partial charge >= 0.3 is 0 Å². The molecule has 0 aliphatic heterocycles. The van der Waals surface area contributed by atoms with Crippen molar-refractivity contribution in [1.29, 1.82) is 0 Å². The molecule has 4 heteroatoms. The summed E-state index contributed by atoms with van der Waals surface area (Å²) < 4.78 is 0. The van der Waals surface area contributed by atoms with Gasteiger partial charge < -0.3 is 5.73 Å². The standard InChI is InChI=1S/C10H14ClN3/c11-9-7(10(12)4-5-10)8(13-14-9)6-2-1-3-6/h6H,1-5,12H2,(H,13,14). The molecule has 2 aliphatic rings. The molecule has 2 saturated carbocycles. The lowest BCUT2D eigenvalue weighted by Gasteiger charge is -2.26. The van der Waals surface area contributed by atoms with Crippen LogP contribution in [0.2, 0.25) is 5.15 Å². The van der Waals surface area contributed by atoms with E-state index >= 15 is 0 Å². The van der Waals surface area contributed by atoms with E-state index in [4.69, 9.17) is 17.3 Å². The summed E-state index contributed by atoms with van der Waals surface area (Å²) in [6.07, 6.45) is 5.92. The number of nitrogens with two attached hydrogens (primary N) is 1. The van der Waals surface area contributed by atoms with Crippen LogP contribution in [-0.2, 0) is 5.54 Å². The molecule has 0 spiro atoms. The Kier molecular flexibility index (Phi) is 1.71. The van der Waals surface area contributed by atoms with Gasteiger partial charge in [-0.1, -0.05) is 18.0 Å². The van der Waals surface area contributed by atoms with Crippen LogP contribution in [-0.4, -0.2) is 10.2 Å². The molecule has 3 rings (SSSR count).